The average molecular weight is 298 g/mol. The maximum absolute atomic E-state index is 12.2. The van der Waals surface area contributed by atoms with Crippen LogP contribution in [0, 0.1) is 6.92 Å². The second kappa shape index (κ2) is 5.08. The zero-order valence-corrected chi connectivity index (χ0v) is 10.6. The van der Waals surface area contributed by atoms with E-state index in [4.69, 9.17) is 4.74 Å². The lowest BCUT2D eigenvalue weighted by Gasteiger charge is -2.14. The maximum Gasteiger partial charge on any atom is 0.534 e. The monoisotopic (exact) mass is 298 g/mol. The fourth-order valence-electron chi connectivity index (χ4n) is 1.25. The summed E-state index contributed by atoms with van der Waals surface area (Å²) >= 11 is 0. The molecule has 1 aromatic rings. The van der Waals surface area contributed by atoms with Gasteiger partial charge in [-0.05, 0) is 24.6 Å². The fourth-order valence-corrected chi connectivity index (χ4v) is 1.74. The Labute approximate surface area is 107 Å². The lowest BCUT2D eigenvalue weighted by molar-refractivity contribution is -0.0500. The molecule has 1 aromatic carbocycles. The number of benzene rings is 1. The van der Waals surface area contributed by atoms with Crippen molar-refractivity contribution in [3.05, 3.63) is 23.3 Å². The second-order valence-corrected chi connectivity index (χ2v) is 5.02. The third-order valence-electron chi connectivity index (χ3n) is 2.05. The van der Waals surface area contributed by atoms with Crippen LogP contribution in [0.1, 0.15) is 15.9 Å². The minimum Gasteiger partial charge on any atom is -0.493 e. The molecule has 0 aromatic heterocycles. The highest BCUT2D eigenvalue weighted by atomic mass is 32.2. The Morgan fingerprint density at radius 2 is 1.84 bits per heavy atom. The molecule has 0 heterocycles. The number of carbonyl (C=O) groups is 1. The Kier molecular flexibility index (Phi) is 4.09. The molecule has 9 heteroatoms. The predicted octanol–water partition coefficient (Wildman–Crippen LogP) is 2.04. The smallest absolute Gasteiger partial charge is 0.493 e. The van der Waals surface area contributed by atoms with Crippen LogP contribution >= 0.6 is 0 Å². The molecule has 0 N–H and O–H groups in total. The van der Waals surface area contributed by atoms with Gasteiger partial charge >= 0.3 is 15.6 Å². The van der Waals surface area contributed by atoms with Gasteiger partial charge in [0, 0.05) is 0 Å². The van der Waals surface area contributed by atoms with Gasteiger partial charge in [-0.15, -0.1) is 0 Å². The quantitative estimate of drug-likeness (QED) is 0.483. The van der Waals surface area contributed by atoms with Crippen molar-refractivity contribution in [1.82, 2.24) is 0 Å². The third-order valence-corrected chi connectivity index (χ3v) is 3.00. The number of hydrogen-bond donors (Lipinski definition) is 0. The summed E-state index contributed by atoms with van der Waals surface area (Å²) < 4.78 is 67.2. The van der Waals surface area contributed by atoms with E-state index in [0.717, 1.165) is 7.11 Å². The largest absolute Gasteiger partial charge is 0.534 e. The molecule has 0 unspecified atom stereocenters. The van der Waals surface area contributed by atoms with Crippen LogP contribution in [-0.2, 0) is 10.1 Å². The van der Waals surface area contributed by atoms with Crippen LogP contribution in [0.4, 0.5) is 13.2 Å². The van der Waals surface area contributed by atoms with Crippen LogP contribution in [0.2, 0.25) is 0 Å². The van der Waals surface area contributed by atoms with Gasteiger partial charge in [-0.2, -0.15) is 21.6 Å². The van der Waals surface area contributed by atoms with Crippen molar-refractivity contribution in [1.29, 1.82) is 0 Å². The summed E-state index contributed by atoms with van der Waals surface area (Å²) in [5.74, 6) is -1.07. The number of hydrogen-bond acceptors (Lipinski definition) is 5. The van der Waals surface area contributed by atoms with Gasteiger partial charge in [0.25, 0.3) is 0 Å². The first-order chi connectivity index (χ1) is 8.62. The Balaban J connectivity index is 3.39. The molecule has 106 valence electrons. The highest BCUT2D eigenvalue weighted by Gasteiger charge is 2.49. The summed E-state index contributed by atoms with van der Waals surface area (Å²) in [6, 6.07) is 2.42. The van der Waals surface area contributed by atoms with E-state index in [-0.39, 0.29) is 17.6 Å². The van der Waals surface area contributed by atoms with Gasteiger partial charge < -0.3 is 8.92 Å². The van der Waals surface area contributed by atoms with E-state index in [0.29, 0.717) is 5.56 Å². The molecule has 0 spiro atoms. The summed E-state index contributed by atoms with van der Waals surface area (Å²) in [6.07, 6.45) is 0.177. The lowest BCUT2D eigenvalue weighted by Crippen LogP contribution is -2.28. The van der Waals surface area contributed by atoms with E-state index in [1.165, 1.54) is 12.1 Å². The van der Waals surface area contributed by atoms with Crippen LogP contribution in [0.25, 0.3) is 0 Å². The standard InChI is InChI=1S/C10H9F3O5S/c1-6-3-7(5-14)9(8(4-6)17-2)18-19(15,16)10(11,12)13/h3-5H,1-2H3. The number of carbonyl (C=O) groups excluding carboxylic acids is 1. The van der Waals surface area contributed by atoms with Crippen LogP contribution < -0.4 is 8.92 Å². The molecule has 0 aliphatic heterocycles. The lowest BCUT2D eigenvalue weighted by atomic mass is 10.1. The molecule has 0 bridgehead atoms. The predicted molar refractivity (Wildman–Crippen MR) is 58.7 cm³/mol. The van der Waals surface area contributed by atoms with Crippen LogP contribution in [0.3, 0.4) is 0 Å². The minimum absolute atomic E-state index is 0.177. The van der Waals surface area contributed by atoms with Crippen molar-refractivity contribution in [3.63, 3.8) is 0 Å². The molecule has 0 saturated carbocycles. The average Bonchev–Trinajstić information content (AvgIpc) is 2.28. The van der Waals surface area contributed by atoms with Gasteiger partial charge in [-0.1, -0.05) is 0 Å². The van der Waals surface area contributed by atoms with Gasteiger partial charge in [0.15, 0.2) is 17.8 Å². The van der Waals surface area contributed by atoms with Gasteiger partial charge in [-0.3, -0.25) is 4.79 Å². The first kappa shape index (κ1) is 15.3. The number of rotatable bonds is 4. The van der Waals surface area contributed by atoms with E-state index >= 15 is 0 Å². The molecule has 0 aliphatic carbocycles. The summed E-state index contributed by atoms with van der Waals surface area (Å²) in [4.78, 5) is 10.8. The van der Waals surface area contributed by atoms with Crippen molar-refractivity contribution in [3.8, 4) is 11.5 Å². The molecule has 0 aliphatic rings. The molecule has 0 atom stereocenters. The number of aryl methyl sites for hydroxylation is 1. The van der Waals surface area contributed by atoms with Gasteiger partial charge in [0.05, 0.1) is 12.7 Å². The van der Waals surface area contributed by atoms with E-state index in [9.17, 15) is 26.4 Å². The summed E-state index contributed by atoms with van der Waals surface area (Å²) in [6.45, 7) is 1.55. The topological polar surface area (TPSA) is 69.7 Å². The SMILES string of the molecule is COc1cc(C)cc(C=O)c1OS(=O)(=O)C(F)(F)F. The number of methoxy groups -OCH3 is 1. The minimum atomic E-state index is -5.87. The zero-order chi connectivity index (χ0) is 14.8. The first-order valence-corrected chi connectivity index (χ1v) is 6.17. The maximum atomic E-state index is 12.2. The highest BCUT2D eigenvalue weighted by Crippen LogP contribution is 2.36. The highest BCUT2D eigenvalue weighted by molar-refractivity contribution is 7.88. The first-order valence-electron chi connectivity index (χ1n) is 4.77. The number of aldehydes is 1. The van der Waals surface area contributed by atoms with Crippen molar-refractivity contribution >= 4 is 16.4 Å². The summed E-state index contributed by atoms with van der Waals surface area (Å²) in [5, 5.41) is 0. The molecule has 0 radical (unpaired) electrons. The van der Waals surface area contributed by atoms with E-state index in [1.807, 2.05) is 0 Å². The van der Waals surface area contributed by atoms with Gasteiger partial charge in [0.2, 0.25) is 0 Å². The molecular weight excluding hydrogens is 289 g/mol. The number of alkyl halides is 3. The van der Waals surface area contributed by atoms with E-state index in [2.05, 4.69) is 4.18 Å². The number of halogens is 3. The van der Waals surface area contributed by atoms with Crippen molar-refractivity contribution in [2.45, 2.75) is 12.4 Å². The van der Waals surface area contributed by atoms with Gasteiger partial charge in [-0.25, -0.2) is 0 Å². The van der Waals surface area contributed by atoms with Gasteiger partial charge in [0.1, 0.15) is 0 Å². The Morgan fingerprint density at radius 1 is 1.26 bits per heavy atom. The summed E-state index contributed by atoms with van der Waals surface area (Å²) in [5.41, 5.74) is -5.45. The van der Waals surface area contributed by atoms with Crippen LogP contribution in [0.15, 0.2) is 12.1 Å². The van der Waals surface area contributed by atoms with Crippen molar-refractivity contribution in [2.24, 2.45) is 0 Å². The summed E-state index contributed by atoms with van der Waals surface area (Å²) in [7, 11) is -4.76. The molecule has 19 heavy (non-hydrogen) atoms. The normalized spacial score (nSPS) is 12.1. The molecule has 0 saturated heterocycles. The third kappa shape index (κ3) is 3.16. The molecule has 0 fully saturated rings. The molecule has 5 nitrogen and oxygen atoms in total. The van der Waals surface area contributed by atoms with Crippen LogP contribution in [0.5, 0.6) is 11.5 Å². The Hall–Kier alpha value is -1.77. The molecule has 0 amide bonds. The number of ether oxygens (including phenoxy) is 1. The zero-order valence-electron chi connectivity index (χ0n) is 9.82. The second-order valence-electron chi connectivity index (χ2n) is 3.49. The fraction of sp³-hybridized carbons (Fsp3) is 0.300. The van der Waals surface area contributed by atoms with Crippen molar-refractivity contribution in [2.75, 3.05) is 7.11 Å². The molecular formula is C10H9F3O5S. The molecule has 1 rings (SSSR count). The van der Waals surface area contributed by atoms with Crippen molar-refractivity contribution < 1.29 is 35.3 Å². The Morgan fingerprint density at radius 3 is 2.26 bits per heavy atom. The van der Waals surface area contributed by atoms with E-state index in [1.54, 1.807) is 6.92 Å². The Bertz CT molecular complexity index is 592. The van der Waals surface area contributed by atoms with E-state index < -0.39 is 21.4 Å². The van der Waals surface area contributed by atoms with Crippen LogP contribution in [-0.4, -0.2) is 27.3 Å².